The van der Waals surface area contributed by atoms with Crippen LogP contribution in [0.25, 0.3) is 0 Å². The zero-order chi connectivity index (χ0) is 12.1. The van der Waals surface area contributed by atoms with Crippen molar-refractivity contribution in [2.45, 2.75) is 31.9 Å². The second-order valence-corrected chi connectivity index (χ2v) is 4.44. The molecule has 17 heavy (non-hydrogen) atoms. The minimum atomic E-state index is 0.317. The highest BCUT2D eigenvalue weighted by molar-refractivity contribution is 5.35. The molecule has 1 unspecified atom stereocenters. The summed E-state index contributed by atoms with van der Waals surface area (Å²) in [5, 5.41) is 0. The van der Waals surface area contributed by atoms with Gasteiger partial charge in [0.15, 0.2) is 0 Å². The average Bonchev–Trinajstić information content (AvgIpc) is 2.40. The summed E-state index contributed by atoms with van der Waals surface area (Å²) in [5.74, 6) is 0.863. The molecule has 1 saturated heterocycles. The Bertz CT molecular complexity index is 352. The van der Waals surface area contributed by atoms with Gasteiger partial charge in [-0.05, 0) is 19.3 Å². The van der Waals surface area contributed by atoms with E-state index < -0.39 is 0 Å². The predicted molar refractivity (Wildman–Crippen MR) is 66.8 cm³/mol. The zero-order valence-corrected chi connectivity index (χ0v) is 10.3. The number of nitrogens with two attached hydrogens (primary N) is 1. The molecule has 0 radical (unpaired) electrons. The Labute approximate surface area is 102 Å². The molecule has 0 bridgehead atoms. The number of rotatable bonds is 4. The molecule has 0 amide bonds. The van der Waals surface area contributed by atoms with Crippen molar-refractivity contribution >= 4 is 5.82 Å². The summed E-state index contributed by atoms with van der Waals surface area (Å²) in [6, 6.07) is 0. The van der Waals surface area contributed by atoms with Gasteiger partial charge in [0.25, 0.3) is 0 Å². The first-order valence-corrected chi connectivity index (χ1v) is 6.13. The molecule has 5 nitrogen and oxygen atoms in total. The number of ether oxygens (including phenoxy) is 1. The van der Waals surface area contributed by atoms with Crippen LogP contribution in [0.3, 0.4) is 0 Å². The maximum Gasteiger partial charge on any atom is 0.147 e. The van der Waals surface area contributed by atoms with Gasteiger partial charge in [0, 0.05) is 32.9 Å². The van der Waals surface area contributed by atoms with E-state index in [1.165, 1.54) is 12.8 Å². The van der Waals surface area contributed by atoms with Crippen molar-refractivity contribution in [2.24, 2.45) is 5.73 Å². The van der Waals surface area contributed by atoms with E-state index in [2.05, 4.69) is 14.9 Å². The standard InChI is InChI=1S/C12H20N4O/c1-16(9-11-4-2-3-5-17-11)12-8-14-7-10(6-13)15-12/h7-8,11H,2-6,9,13H2,1H3. The van der Waals surface area contributed by atoms with Crippen molar-refractivity contribution in [3.63, 3.8) is 0 Å². The van der Waals surface area contributed by atoms with Gasteiger partial charge in [-0.2, -0.15) is 0 Å². The van der Waals surface area contributed by atoms with Crippen LogP contribution in [-0.4, -0.2) is 36.3 Å². The molecule has 94 valence electrons. The number of hydrogen-bond donors (Lipinski definition) is 1. The van der Waals surface area contributed by atoms with Gasteiger partial charge >= 0.3 is 0 Å². The van der Waals surface area contributed by atoms with Crippen molar-refractivity contribution in [2.75, 3.05) is 25.1 Å². The van der Waals surface area contributed by atoms with E-state index in [1.807, 2.05) is 7.05 Å². The van der Waals surface area contributed by atoms with Crippen molar-refractivity contribution in [1.82, 2.24) is 9.97 Å². The third-order valence-electron chi connectivity index (χ3n) is 3.02. The van der Waals surface area contributed by atoms with E-state index in [-0.39, 0.29) is 0 Å². The van der Waals surface area contributed by atoms with Crippen LogP contribution in [0.5, 0.6) is 0 Å². The number of nitrogens with zero attached hydrogens (tertiary/aromatic N) is 3. The zero-order valence-electron chi connectivity index (χ0n) is 10.3. The van der Waals surface area contributed by atoms with E-state index in [9.17, 15) is 0 Å². The Morgan fingerprint density at radius 1 is 1.47 bits per heavy atom. The molecule has 1 atom stereocenters. The third kappa shape index (κ3) is 3.38. The molecule has 2 rings (SSSR count). The van der Waals surface area contributed by atoms with Crippen molar-refractivity contribution in [3.8, 4) is 0 Å². The molecule has 0 aromatic carbocycles. The molecule has 5 heteroatoms. The summed E-state index contributed by atoms with van der Waals surface area (Å²) in [5.41, 5.74) is 6.38. The number of hydrogen-bond acceptors (Lipinski definition) is 5. The molecule has 0 aliphatic carbocycles. The molecule has 0 spiro atoms. The summed E-state index contributed by atoms with van der Waals surface area (Å²) < 4.78 is 5.71. The lowest BCUT2D eigenvalue weighted by Gasteiger charge is -2.27. The highest BCUT2D eigenvalue weighted by Crippen LogP contribution is 2.16. The smallest absolute Gasteiger partial charge is 0.147 e. The van der Waals surface area contributed by atoms with Crippen LogP contribution >= 0.6 is 0 Å². The first-order valence-electron chi connectivity index (χ1n) is 6.13. The molecule has 0 saturated carbocycles. The Hall–Kier alpha value is -1.20. The van der Waals surface area contributed by atoms with Gasteiger partial charge in [0.05, 0.1) is 18.0 Å². The van der Waals surface area contributed by atoms with Gasteiger partial charge in [0.2, 0.25) is 0 Å². The lowest BCUT2D eigenvalue weighted by atomic mass is 10.1. The van der Waals surface area contributed by atoms with Gasteiger partial charge in [-0.1, -0.05) is 0 Å². The van der Waals surface area contributed by atoms with Crippen LogP contribution < -0.4 is 10.6 Å². The predicted octanol–water partition coefficient (Wildman–Crippen LogP) is 0.941. The lowest BCUT2D eigenvalue weighted by molar-refractivity contribution is 0.0215. The average molecular weight is 236 g/mol. The molecule has 1 aromatic rings. The van der Waals surface area contributed by atoms with Crippen LogP contribution in [-0.2, 0) is 11.3 Å². The SMILES string of the molecule is CN(CC1CCCCO1)c1cncc(CN)n1. The molecule has 1 aliphatic heterocycles. The summed E-state index contributed by atoms with van der Waals surface area (Å²) in [7, 11) is 2.02. The minimum absolute atomic E-state index is 0.317. The van der Waals surface area contributed by atoms with Gasteiger partial charge in [-0.25, -0.2) is 4.98 Å². The highest BCUT2D eigenvalue weighted by atomic mass is 16.5. The first kappa shape index (κ1) is 12.3. The topological polar surface area (TPSA) is 64.3 Å². The van der Waals surface area contributed by atoms with E-state index in [4.69, 9.17) is 10.5 Å². The van der Waals surface area contributed by atoms with E-state index in [0.717, 1.165) is 31.1 Å². The number of likely N-dealkylation sites (N-methyl/N-ethyl adjacent to an activating group) is 1. The summed E-state index contributed by atoms with van der Waals surface area (Å²) in [6.45, 7) is 2.17. The van der Waals surface area contributed by atoms with Crippen LogP contribution in [0.15, 0.2) is 12.4 Å². The number of anilines is 1. The lowest BCUT2D eigenvalue weighted by Crippen LogP contribution is -2.34. The fraction of sp³-hybridized carbons (Fsp3) is 0.667. The van der Waals surface area contributed by atoms with Gasteiger partial charge in [0.1, 0.15) is 5.82 Å². The Kier molecular flexibility index (Phi) is 4.28. The second kappa shape index (κ2) is 5.93. The van der Waals surface area contributed by atoms with Crippen molar-refractivity contribution < 1.29 is 4.74 Å². The van der Waals surface area contributed by atoms with E-state index in [1.54, 1.807) is 12.4 Å². The van der Waals surface area contributed by atoms with Crippen molar-refractivity contribution in [3.05, 3.63) is 18.1 Å². The van der Waals surface area contributed by atoms with Gasteiger partial charge in [-0.15, -0.1) is 0 Å². The highest BCUT2D eigenvalue weighted by Gasteiger charge is 2.16. The normalized spacial score (nSPS) is 20.2. The van der Waals surface area contributed by atoms with E-state index in [0.29, 0.717) is 12.6 Å². The summed E-state index contributed by atoms with van der Waals surface area (Å²) in [4.78, 5) is 10.7. The fourth-order valence-corrected chi connectivity index (χ4v) is 2.03. The van der Waals surface area contributed by atoms with Crippen LogP contribution in [0.4, 0.5) is 5.82 Å². The molecule has 2 N–H and O–H groups in total. The Morgan fingerprint density at radius 2 is 2.35 bits per heavy atom. The van der Waals surface area contributed by atoms with E-state index >= 15 is 0 Å². The van der Waals surface area contributed by atoms with Crippen molar-refractivity contribution in [1.29, 1.82) is 0 Å². The molecule has 1 aromatic heterocycles. The van der Waals surface area contributed by atoms with Gasteiger partial charge in [-0.3, -0.25) is 4.98 Å². The Morgan fingerprint density at radius 3 is 3.06 bits per heavy atom. The summed E-state index contributed by atoms with van der Waals surface area (Å²) in [6.07, 6.45) is 7.36. The molecular formula is C12H20N4O. The molecule has 1 fully saturated rings. The second-order valence-electron chi connectivity index (χ2n) is 4.44. The van der Waals surface area contributed by atoms with Crippen LogP contribution in [0, 0.1) is 0 Å². The maximum absolute atomic E-state index is 5.71. The molecule has 2 heterocycles. The monoisotopic (exact) mass is 236 g/mol. The Balaban J connectivity index is 1.95. The molecule has 1 aliphatic rings. The fourth-order valence-electron chi connectivity index (χ4n) is 2.03. The van der Waals surface area contributed by atoms with Crippen LogP contribution in [0.1, 0.15) is 25.0 Å². The largest absolute Gasteiger partial charge is 0.376 e. The maximum atomic E-state index is 5.71. The summed E-state index contributed by atoms with van der Waals surface area (Å²) >= 11 is 0. The van der Waals surface area contributed by atoms with Gasteiger partial charge < -0.3 is 15.4 Å². The molecular weight excluding hydrogens is 216 g/mol. The quantitative estimate of drug-likeness (QED) is 0.843. The third-order valence-corrected chi connectivity index (χ3v) is 3.02. The minimum Gasteiger partial charge on any atom is -0.376 e. The number of aromatic nitrogens is 2. The van der Waals surface area contributed by atoms with Crippen LogP contribution in [0.2, 0.25) is 0 Å². The first-order chi connectivity index (χ1) is 8.29.